The molecule has 9 nitrogen and oxygen atoms in total. The van der Waals surface area contributed by atoms with Crippen LogP contribution in [-0.2, 0) is 13.1 Å². The molecule has 0 fully saturated rings. The Labute approximate surface area is 193 Å². The van der Waals surface area contributed by atoms with Gasteiger partial charge in [0, 0.05) is 23.0 Å². The number of benzene rings is 1. The molecule has 0 saturated carbocycles. The average Bonchev–Trinajstić information content (AvgIpc) is 3.55. The second kappa shape index (κ2) is 8.47. The number of carbonyl (C=O) groups is 2. The highest BCUT2D eigenvalue weighted by Crippen LogP contribution is 2.34. The lowest BCUT2D eigenvalue weighted by molar-refractivity contribution is 0.0718. The van der Waals surface area contributed by atoms with Gasteiger partial charge < -0.3 is 14.1 Å². The number of rotatable bonds is 5. The van der Waals surface area contributed by atoms with Crippen LogP contribution in [0.25, 0.3) is 11.1 Å². The number of pyridine rings is 1. The Hall–Kier alpha value is -4.05. The number of amides is 2. The van der Waals surface area contributed by atoms with Crippen molar-refractivity contribution in [1.29, 1.82) is 0 Å². The number of nitrogens with zero attached hydrogens (tertiary/aromatic N) is 4. The van der Waals surface area contributed by atoms with Crippen LogP contribution < -0.4 is 10.1 Å². The topological polar surface area (TPSA) is 110 Å². The van der Waals surface area contributed by atoms with Crippen LogP contribution in [0.5, 0.6) is 5.75 Å². The summed E-state index contributed by atoms with van der Waals surface area (Å²) in [4.78, 5) is 40.8. The number of thiazole rings is 1. The van der Waals surface area contributed by atoms with Crippen LogP contribution in [0.3, 0.4) is 0 Å². The number of carbonyl (C=O) groups excluding carboxylic acids is 2. The van der Waals surface area contributed by atoms with E-state index in [4.69, 9.17) is 9.15 Å². The van der Waals surface area contributed by atoms with Crippen LogP contribution in [0, 0.1) is 6.92 Å². The number of nitrogens with one attached hydrogen (secondary N) is 1. The van der Waals surface area contributed by atoms with E-state index in [2.05, 4.69) is 20.3 Å². The van der Waals surface area contributed by atoms with Gasteiger partial charge in [-0.1, -0.05) is 29.5 Å². The van der Waals surface area contributed by atoms with E-state index in [0.29, 0.717) is 29.5 Å². The summed E-state index contributed by atoms with van der Waals surface area (Å²) in [7, 11) is 1.60. The van der Waals surface area contributed by atoms with E-state index in [1.807, 2.05) is 37.3 Å². The second-order valence-electron chi connectivity index (χ2n) is 7.44. The number of anilines is 1. The van der Waals surface area contributed by atoms with E-state index < -0.39 is 0 Å². The molecule has 5 rings (SSSR count). The SMILES string of the molecule is COc1ccccc1-c1cc(C)ncc1C(=O)Nc1nc2c(s1)CN(C(=O)c1cnco1)C2. The molecule has 1 N–H and O–H groups in total. The zero-order valence-electron chi connectivity index (χ0n) is 17.9. The lowest BCUT2D eigenvalue weighted by Gasteiger charge is -2.14. The Morgan fingerprint density at radius 2 is 2.03 bits per heavy atom. The van der Waals surface area contributed by atoms with Gasteiger partial charge in [-0.2, -0.15) is 0 Å². The fourth-order valence-corrected chi connectivity index (χ4v) is 4.69. The average molecular weight is 462 g/mol. The predicted molar refractivity (Wildman–Crippen MR) is 121 cm³/mol. The van der Waals surface area contributed by atoms with Crippen LogP contribution in [0.1, 0.15) is 37.2 Å². The van der Waals surface area contributed by atoms with Crippen LogP contribution in [-0.4, -0.2) is 38.8 Å². The van der Waals surface area contributed by atoms with E-state index in [0.717, 1.165) is 27.4 Å². The quantitative estimate of drug-likeness (QED) is 0.480. The Balaban J connectivity index is 1.36. The molecule has 3 aromatic heterocycles. The maximum Gasteiger partial charge on any atom is 0.291 e. The van der Waals surface area contributed by atoms with Gasteiger partial charge in [-0.15, -0.1) is 0 Å². The minimum atomic E-state index is -0.314. The van der Waals surface area contributed by atoms with Gasteiger partial charge in [0.05, 0.1) is 42.5 Å². The fraction of sp³-hybridized carbons (Fsp3) is 0.174. The van der Waals surface area contributed by atoms with Crippen molar-refractivity contribution < 1.29 is 18.7 Å². The van der Waals surface area contributed by atoms with E-state index >= 15 is 0 Å². The first-order valence-electron chi connectivity index (χ1n) is 10.1. The molecule has 0 unspecified atom stereocenters. The molecule has 33 heavy (non-hydrogen) atoms. The highest BCUT2D eigenvalue weighted by Gasteiger charge is 2.30. The third kappa shape index (κ3) is 3.96. The number of aryl methyl sites for hydroxylation is 1. The third-order valence-corrected chi connectivity index (χ3v) is 6.28. The fourth-order valence-electron chi connectivity index (χ4n) is 3.71. The Morgan fingerprint density at radius 3 is 2.79 bits per heavy atom. The highest BCUT2D eigenvalue weighted by molar-refractivity contribution is 7.16. The first kappa shape index (κ1) is 20.8. The number of methoxy groups -OCH3 is 1. The lowest BCUT2D eigenvalue weighted by atomic mass is 9.99. The van der Waals surface area contributed by atoms with Crippen molar-refractivity contribution in [3.63, 3.8) is 0 Å². The molecule has 166 valence electrons. The Kier molecular flexibility index (Phi) is 5.35. The number of para-hydroxylation sites is 1. The number of fused-ring (bicyclic) bond motifs is 1. The number of hydrogen-bond donors (Lipinski definition) is 1. The summed E-state index contributed by atoms with van der Waals surface area (Å²) >= 11 is 1.35. The number of oxazole rings is 1. The zero-order valence-corrected chi connectivity index (χ0v) is 18.7. The van der Waals surface area contributed by atoms with E-state index in [9.17, 15) is 9.59 Å². The number of hydrogen-bond acceptors (Lipinski definition) is 8. The van der Waals surface area contributed by atoms with Gasteiger partial charge in [0.1, 0.15) is 5.75 Å². The van der Waals surface area contributed by atoms with Crippen molar-refractivity contribution in [2.24, 2.45) is 0 Å². The molecule has 1 aliphatic rings. The van der Waals surface area contributed by atoms with Crippen LogP contribution in [0.2, 0.25) is 0 Å². The van der Waals surface area contributed by atoms with Crippen molar-refractivity contribution in [2.75, 3.05) is 12.4 Å². The highest BCUT2D eigenvalue weighted by atomic mass is 32.1. The largest absolute Gasteiger partial charge is 0.496 e. The summed E-state index contributed by atoms with van der Waals surface area (Å²) in [6.07, 6.45) is 4.18. The summed E-state index contributed by atoms with van der Waals surface area (Å²) in [5, 5.41) is 3.36. The van der Waals surface area contributed by atoms with Crippen molar-refractivity contribution in [3.8, 4) is 16.9 Å². The predicted octanol–water partition coefficient (Wildman–Crippen LogP) is 3.92. The standard InChI is InChI=1S/C23H19N5O4S/c1-13-7-15(14-5-3-4-6-18(14)31-2)16(8-25-13)21(29)27-23-26-17-10-28(11-20(17)33-23)22(30)19-9-24-12-32-19/h3-9,12H,10-11H2,1-2H3,(H,26,27,29). The van der Waals surface area contributed by atoms with Gasteiger partial charge in [0.25, 0.3) is 11.8 Å². The van der Waals surface area contributed by atoms with Gasteiger partial charge in [0.2, 0.25) is 5.76 Å². The molecule has 2 amide bonds. The van der Waals surface area contributed by atoms with Crippen molar-refractivity contribution in [1.82, 2.24) is 19.9 Å². The van der Waals surface area contributed by atoms with E-state index in [-0.39, 0.29) is 17.6 Å². The smallest absolute Gasteiger partial charge is 0.291 e. The van der Waals surface area contributed by atoms with Crippen LogP contribution in [0.4, 0.5) is 5.13 Å². The van der Waals surface area contributed by atoms with Gasteiger partial charge >= 0.3 is 0 Å². The monoisotopic (exact) mass is 461 g/mol. The maximum atomic E-state index is 13.2. The molecule has 0 aliphatic carbocycles. The number of ether oxygens (including phenoxy) is 1. The zero-order chi connectivity index (χ0) is 22.9. The lowest BCUT2D eigenvalue weighted by Crippen LogP contribution is -2.25. The summed E-state index contributed by atoms with van der Waals surface area (Å²) in [6, 6.07) is 9.39. The van der Waals surface area contributed by atoms with E-state index in [1.54, 1.807) is 18.2 Å². The van der Waals surface area contributed by atoms with Crippen molar-refractivity contribution in [3.05, 3.63) is 76.7 Å². The third-order valence-electron chi connectivity index (χ3n) is 5.29. The summed E-state index contributed by atoms with van der Waals surface area (Å²) < 4.78 is 10.6. The molecular weight excluding hydrogens is 442 g/mol. The molecule has 1 aromatic carbocycles. The molecule has 0 bridgehead atoms. The van der Waals surface area contributed by atoms with E-state index in [1.165, 1.54) is 23.9 Å². The molecule has 0 atom stereocenters. The van der Waals surface area contributed by atoms with Crippen LogP contribution >= 0.6 is 11.3 Å². The molecule has 1 aliphatic heterocycles. The molecule has 0 saturated heterocycles. The minimum absolute atomic E-state index is 0.189. The second-order valence-corrected chi connectivity index (χ2v) is 8.53. The molecule has 10 heteroatoms. The molecule has 0 radical (unpaired) electrons. The van der Waals surface area contributed by atoms with Crippen molar-refractivity contribution >= 4 is 28.3 Å². The van der Waals surface area contributed by atoms with Crippen LogP contribution in [0.15, 0.2) is 53.5 Å². The first-order valence-corrected chi connectivity index (χ1v) is 10.9. The number of aromatic nitrogens is 3. The minimum Gasteiger partial charge on any atom is -0.496 e. The molecule has 4 heterocycles. The molecular formula is C23H19N5O4S. The maximum absolute atomic E-state index is 13.2. The molecule has 0 spiro atoms. The molecule has 4 aromatic rings. The summed E-state index contributed by atoms with van der Waals surface area (Å²) in [6.45, 7) is 2.62. The summed E-state index contributed by atoms with van der Waals surface area (Å²) in [5.74, 6) is 0.303. The van der Waals surface area contributed by atoms with Gasteiger partial charge in [-0.3, -0.25) is 19.9 Å². The first-order chi connectivity index (χ1) is 16.0. The van der Waals surface area contributed by atoms with Gasteiger partial charge in [-0.05, 0) is 19.1 Å². The Bertz CT molecular complexity index is 1330. The summed E-state index contributed by atoms with van der Waals surface area (Å²) in [5.41, 5.74) is 3.50. The van der Waals surface area contributed by atoms with Gasteiger partial charge in [0.15, 0.2) is 11.5 Å². The van der Waals surface area contributed by atoms with Crippen molar-refractivity contribution in [2.45, 2.75) is 20.0 Å². The van der Waals surface area contributed by atoms with Gasteiger partial charge in [-0.25, -0.2) is 9.97 Å². The normalized spacial score (nSPS) is 12.5. The Morgan fingerprint density at radius 1 is 1.18 bits per heavy atom.